The Bertz CT molecular complexity index is 159. The Labute approximate surface area is 75.9 Å². The lowest BCUT2D eigenvalue weighted by Crippen LogP contribution is -2.57. The van der Waals surface area contributed by atoms with Gasteiger partial charge in [-0.1, -0.05) is 0 Å². The monoisotopic (exact) mass is 193 g/mol. The van der Waals surface area contributed by atoms with E-state index in [1.165, 1.54) is 7.11 Å². The maximum Gasteiger partial charge on any atom is 0.151 e. The zero-order valence-corrected chi connectivity index (χ0v) is 7.38. The van der Waals surface area contributed by atoms with Crippen LogP contribution in [-0.4, -0.2) is 59.7 Å². The van der Waals surface area contributed by atoms with E-state index in [4.69, 9.17) is 10.8 Å². The number of nitrogens with two attached hydrogens (primary N) is 1. The third kappa shape index (κ3) is 2.71. The van der Waals surface area contributed by atoms with E-state index in [1.807, 2.05) is 0 Å². The molecule has 0 fully saturated rings. The number of carbonyl (C=O) groups excluding carboxylic acids is 1. The molecule has 0 saturated heterocycles. The van der Waals surface area contributed by atoms with Crippen LogP contribution in [-0.2, 0) is 9.53 Å². The van der Waals surface area contributed by atoms with Crippen molar-refractivity contribution >= 4 is 6.29 Å². The average Bonchev–Trinajstić information content (AvgIpc) is 2.18. The van der Waals surface area contributed by atoms with E-state index in [9.17, 15) is 15.0 Å². The second-order valence-corrected chi connectivity index (χ2v) is 2.75. The topological polar surface area (TPSA) is 113 Å². The Morgan fingerprint density at radius 3 is 2.46 bits per heavy atom. The fourth-order valence-corrected chi connectivity index (χ4v) is 0.843. The highest BCUT2D eigenvalue weighted by Crippen LogP contribution is 2.12. The number of aliphatic hydroxyl groups is 3. The summed E-state index contributed by atoms with van der Waals surface area (Å²) in [7, 11) is 1.20. The molecule has 78 valence electrons. The molecule has 6 nitrogen and oxygen atoms in total. The molecule has 0 spiro atoms. The molecule has 3 atom stereocenters. The van der Waals surface area contributed by atoms with Gasteiger partial charge in [0.15, 0.2) is 6.29 Å². The van der Waals surface area contributed by atoms with Crippen molar-refractivity contribution in [3.8, 4) is 0 Å². The van der Waals surface area contributed by atoms with Gasteiger partial charge in [0, 0.05) is 13.7 Å². The first-order valence-electron chi connectivity index (χ1n) is 3.75. The molecular formula is C7H15NO5. The minimum absolute atomic E-state index is 0.334. The van der Waals surface area contributed by atoms with Crippen LogP contribution in [0.25, 0.3) is 0 Å². The van der Waals surface area contributed by atoms with Crippen molar-refractivity contribution in [2.24, 2.45) is 5.73 Å². The van der Waals surface area contributed by atoms with Crippen molar-refractivity contribution in [3.63, 3.8) is 0 Å². The van der Waals surface area contributed by atoms with Crippen molar-refractivity contribution in [1.29, 1.82) is 0 Å². The Morgan fingerprint density at radius 1 is 1.69 bits per heavy atom. The molecule has 0 heterocycles. The molecule has 0 saturated carbocycles. The van der Waals surface area contributed by atoms with Crippen molar-refractivity contribution in [3.05, 3.63) is 0 Å². The van der Waals surface area contributed by atoms with Crippen LogP contribution >= 0.6 is 0 Å². The van der Waals surface area contributed by atoms with Gasteiger partial charge in [-0.3, -0.25) is 0 Å². The maximum atomic E-state index is 10.3. The van der Waals surface area contributed by atoms with E-state index in [-0.39, 0.29) is 6.54 Å². The van der Waals surface area contributed by atoms with Gasteiger partial charge in [-0.05, 0) is 0 Å². The summed E-state index contributed by atoms with van der Waals surface area (Å²) < 4.78 is 4.57. The summed E-state index contributed by atoms with van der Waals surface area (Å²) in [5.41, 5.74) is 3.22. The number of aliphatic hydroxyl groups excluding tert-OH is 2. The third-order valence-corrected chi connectivity index (χ3v) is 1.90. The summed E-state index contributed by atoms with van der Waals surface area (Å²) in [4.78, 5) is 10.3. The molecule has 0 aliphatic carbocycles. The van der Waals surface area contributed by atoms with Gasteiger partial charge in [-0.25, -0.2) is 0 Å². The van der Waals surface area contributed by atoms with Crippen LogP contribution in [0, 0.1) is 0 Å². The van der Waals surface area contributed by atoms with E-state index in [0.29, 0.717) is 6.29 Å². The van der Waals surface area contributed by atoms with Gasteiger partial charge in [0.1, 0.15) is 17.8 Å². The number of rotatable bonds is 6. The predicted molar refractivity (Wildman–Crippen MR) is 44.0 cm³/mol. The quantitative estimate of drug-likeness (QED) is 0.340. The number of hydrogen-bond donors (Lipinski definition) is 4. The SMILES string of the molecule is COC(C=O)C(O)C(O)(CN)CO. The summed E-state index contributed by atoms with van der Waals surface area (Å²) in [5.74, 6) is 0. The van der Waals surface area contributed by atoms with Crippen molar-refractivity contribution in [1.82, 2.24) is 0 Å². The minimum atomic E-state index is -1.90. The van der Waals surface area contributed by atoms with Crippen molar-refractivity contribution in [2.75, 3.05) is 20.3 Å². The molecule has 6 heteroatoms. The normalized spacial score (nSPS) is 20.4. The van der Waals surface area contributed by atoms with E-state index >= 15 is 0 Å². The first-order valence-corrected chi connectivity index (χ1v) is 3.75. The maximum absolute atomic E-state index is 10.3. The van der Waals surface area contributed by atoms with Gasteiger partial charge in [-0.2, -0.15) is 0 Å². The highest BCUT2D eigenvalue weighted by Gasteiger charge is 2.39. The average molecular weight is 193 g/mol. The summed E-state index contributed by atoms with van der Waals surface area (Å²) in [6.07, 6.45) is -2.40. The molecule has 3 unspecified atom stereocenters. The molecular weight excluding hydrogens is 178 g/mol. The summed E-state index contributed by atoms with van der Waals surface area (Å²) in [6.45, 7) is -1.10. The van der Waals surface area contributed by atoms with Crippen molar-refractivity contribution in [2.45, 2.75) is 17.8 Å². The largest absolute Gasteiger partial charge is 0.393 e. The zero-order valence-electron chi connectivity index (χ0n) is 7.38. The Morgan fingerprint density at radius 2 is 2.23 bits per heavy atom. The van der Waals surface area contributed by atoms with E-state index in [0.717, 1.165) is 0 Å². The molecule has 5 N–H and O–H groups in total. The van der Waals surface area contributed by atoms with Gasteiger partial charge >= 0.3 is 0 Å². The fourth-order valence-electron chi connectivity index (χ4n) is 0.843. The molecule has 13 heavy (non-hydrogen) atoms. The third-order valence-electron chi connectivity index (χ3n) is 1.90. The number of hydrogen-bond acceptors (Lipinski definition) is 6. The van der Waals surface area contributed by atoms with Crippen LogP contribution < -0.4 is 5.73 Å². The second-order valence-electron chi connectivity index (χ2n) is 2.75. The Hall–Kier alpha value is -0.530. The molecule has 0 bridgehead atoms. The number of carbonyl (C=O) groups is 1. The first-order chi connectivity index (χ1) is 6.05. The van der Waals surface area contributed by atoms with Gasteiger partial charge in [-0.15, -0.1) is 0 Å². The molecule has 0 radical (unpaired) electrons. The first kappa shape index (κ1) is 12.5. The number of aldehydes is 1. The highest BCUT2D eigenvalue weighted by atomic mass is 16.5. The molecule has 0 amide bonds. The van der Waals surface area contributed by atoms with Gasteiger partial charge in [0.2, 0.25) is 0 Å². The lowest BCUT2D eigenvalue weighted by atomic mass is 9.94. The van der Waals surface area contributed by atoms with Crippen LogP contribution in [0.3, 0.4) is 0 Å². The lowest BCUT2D eigenvalue weighted by Gasteiger charge is -2.32. The van der Waals surface area contributed by atoms with Gasteiger partial charge in [0.25, 0.3) is 0 Å². The highest BCUT2D eigenvalue weighted by molar-refractivity contribution is 5.57. The molecule has 0 rings (SSSR count). The van der Waals surface area contributed by atoms with Gasteiger partial charge in [0.05, 0.1) is 6.61 Å². The van der Waals surface area contributed by atoms with E-state index in [1.54, 1.807) is 0 Å². The van der Waals surface area contributed by atoms with Crippen LogP contribution in [0.5, 0.6) is 0 Å². The Balaban J connectivity index is 4.51. The summed E-state index contributed by atoms with van der Waals surface area (Å²) in [6, 6.07) is 0. The predicted octanol–water partition coefficient (Wildman–Crippen LogP) is -2.76. The summed E-state index contributed by atoms with van der Waals surface area (Å²) in [5, 5.41) is 27.6. The molecule has 0 aromatic rings. The van der Waals surface area contributed by atoms with Crippen LogP contribution in [0.4, 0.5) is 0 Å². The smallest absolute Gasteiger partial charge is 0.151 e. The standard InChI is InChI=1S/C7H15NO5/c1-13-5(2-9)6(11)7(12,3-8)4-10/h2,5-6,10-12H,3-4,8H2,1H3. The molecule has 0 aromatic carbocycles. The van der Waals surface area contributed by atoms with Crippen LogP contribution in [0.2, 0.25) is 0 Å². The van der Waals surface area contributed by atoms with E-state index < -0.39 is 24.4 Å². The zero-order chi connectivity index (χ0) is 10.5. The lowest BCUT2D eigenvalue weighted by molar-refractivity contribution is -0.155. The Kier molecular flexibility index (Phi) is 5.04. The van der Waals surface area contributed by atoms with Crippen LogP contribution in [0.1, 0.15) is 0 Å². The fraction of sp³-hybridized carbons (Fsp3) is 0.857. The molecule has 0 aliphatic heterocycles. The number of methoxy groups -OCH3 is 1. The summed E-state index contributed by atoms with van der Waals surface area (Å²) >= 11 is 0. The van der Waals surface area contributed by atoms with Gasteiger partial charge < -0.3 is 30.6 Å². The second kappa shape index (κ2) is 5.25. The van der Waals surface area contributed by atoms with Crippen LogP contribution in [0.15, 0.2) is 0 Å². The van der Waals surface area contributed by atoms with Crippen molar-refractivity contribution < 1.29 is 24.9 Å². The number of ether oxygens (including phenoxy) is 1. The molecule has 0 aromatic heterocycles. The van der Waals surface area contributed by atoms with E-state index in [2.05, 4.69) is 4.74 Å². The minimum Gasteiger partial charge on any atom is -0.393 e. The molecule has 0 aliphatic rings.